The van der Waals surface area contributed by atoms with Crippen molar-refractivity contribution in [1.82, 2.24) is 0 Å². The molecule has 2 heterocycles. The average Bonchev–Trinajstić information content (AvgIpc) is 3.67. The molecule has 0 aliphatic carbocycles. The molecule has 0 atom stereocenters. The highest BCUT2D eigenvalue weighted by atomic mass is 32.1. The third-order valence-electron chi connectivity index (χ3n) is 7.89. The van der Waals surface area contributed by atoms with Crippen LogP contribution in [-0.4, -0.2) is 0 Å². The van der Waals surface area contributed by atoms with Crippen molar-refractivity contribution in [2.75, 3.05) is 0 Å². The molecule has 6 aromatic carbocycles. The average molecular weight is 581 g/mol. The zero-order valence-corrected chi connectivity index (χ0v) is 23.9. The molecule has 0 radical (unpaired) electrons. The van der Waals surface area contributed by atoms with Crippen LogP contribution in [0.25, 0.3) is 74.1 Å². The molecule has 0 fully saturated rings. The SMILES string of the molecule is Fc1ccc(-c2ccc(-c3cc4c(ccc5c6cc(-c7ccc(-c8ccc(F)cc8)cc7)sc6ccc45)s3)cc2)cc1. The molecule has 0 unspecified atom stereocenters. The van der Waals surface area contributed by atoms with Gasteiger partial charge in [-0.3, -0.25) is 0 Å². The van der Waals surface area contributed by atoms with E-state index in [-0.39, 0.29) is 11.6 Å². The van der Waals surface area contributed by atoms with Crippen molar-refractivity contribution in [3.63, 3.8) is 0 Å². The van der Waals surface area contributed by atoms with Crippen molar-refractivity contribution in [2.24, 2.45) is 0 Å². The Bertz CT molecular complexity index is 2060. The predicted octanol–water partition coefficient (Wildman–Crippen LogP) is 12.2. The number of fused-ring (bicyclic) bond motifs is 5. The Balaban J connectivity index is 1.14. The van der Waals surface area contributed by atoms with Crippen molar-refractivity contribution in [2.45, 2.75) is 0 Å². The van der Waals surface area contributed by atoms with E-state index in [1.54, 1.807) is 0 Å². The second-order valence-electron chi connectivity index (χ2n) is 10.4. The van der Waals surface area contributed by atoms with Gasteiger partial charge in [0, 0.05) is 29.9 Å². The first-order valence-electron chi connectivity index (χ1n) is 13.7. The maximum absolute atomic E-state index is 13.3. The fourth-order valence-corrected chi connectivity index (χ4v) is 7.83. The summed E-state index contributed by atoms with van der Waals surface area (Å²) >= 11 is 3.62. The van der Waals surface area contributed by atoms with Crippen molar-refractivity contribution >= 4 is 53.6 Å². The molecule has 8 aromatic rings. The monoisotopic (exact) mass is 580 g/mol. The van der Waals surface area contributed by atoms with Crippen molar-refractivity contribution in [3.8, 4) is 43.1 Å². The number of halogens is 2. The van der Waals surface area contributed by atoms with E-state index in [0.717, 1.165) is 22.3 Å². The van der Waals surface area contributed by atoms with Crippen LogP contribution in [-0.2, 0) is 0 Å². The van der Waals surface area contributed by atoms with Gasteiger partial charge in [-0.15, -0.1) is 22.7 Å². The van der Waals surface area contributed by atoms with Crippen LogP contribution in [0.4, 0.5) is 8.78 Å². The molecule has 2 aromatic heterocycles. The lowest BCUT2D eigenvalue weighted by Gasteiger charge is -2.03. The molecule has 200 valence electrons. The van der Waals surface area contributed by atoms with Crippen LogP contribution in [0, 0.1) is 11.6 Å². The van der Waals surface area contributed by atoms with Crippen LogP contribution in [0.15, 0.2) is 133 Å². The Morgan fingerprint density at radius 1 is 0.310 bits per heavy atom. The summed E-state index contributed by atoms with van der Waals surface area (Å²) in [6.07, 6.45) is 0. The highest BCUT2D eigenvalue weighted by Gasteiger charge is 2.13. The van der Waals surface area contributed by atoms with E-state index in [4.69, 9.17) is 0 Å². The summed E-state index contributed by atoms with van der Waals surface area (Å²) < 4.78 is 29.2. The minimum absolute atomic E-state index is 0.221. The molecule has 0 nitrogen and oxygen atoms in total. The minimum Gasteiger partial charge on any atom is -0.207 e. The van der Waals surface area contributed by atoms with Crippen LogP contribution in [0.5, 0.6) is 0 Å². The van der Waals surface area contributed by atoms with Gasteiger partial charge in [0.05, 0.1) is 0 Å². The third kappa shape index (κ3) is 4.40. The van der Waals surface area contributed by atoms with Gasteiger partial charge in [-0.1, -0.05) is 84.9 Å². The van der Waals surface area contributed by atoms with E-state index in [2.05, 4.69) is 84.9 Å². The molecular formula is C38H22F2S2. The summed E-state index contributed by atoms with van der Waals surface area (Å²) in [6.45, 7) is 0. The largest absolute Gasteiger partial charge is 0.207 e. The summed E-state index contributed by atoms with van der Waals surface area (Å²) in [7, 11) is 0. The third-order valence-corrected chi connectivity index (χ3v) is 10.2. The molecule has 4 heteroatoms. The summed E-state index contributed by atoms with van der Waals surface area (Å²) in [6, 6.07) is 43.9. The Labute approximate surface area is 249 Å². The predicted molar refractivity (Wildman–Crippen MR) is 176 cm³/mol. The lowest BCUT2D eigenvalue weighted by molar-refractivity contribution is 0.627. The molecule has 0 N–H and O–H groups in total. The molecule has 0 aliphatic heterocycles. The van der Waals surface area contributed by atoms with Crippen LogP contribution < -0.4 is 0 Å². The molecule has 8 rings (SSSR count). The number of rotatable bonds is 4. The zero-order chi connectivity index (χ0) is 28.2. The van der Waals surface area contributed by atoms with E-state index in [0.29, 0.717) is 0 Å². The van der Waals surface area contributed by atoms with E-state index in [1.165, 1.54) is 76.1 Å². The molecule has 0 amide bonds. The Hall–Kier alpha value is -4.64. The summed E-state index contributed by atoms with van der Waals surface area (Å²) in [5.41, 5.74) is 6.52. The topological polar surface area (TPSA) is 0 Å². The van der Waals surface area contributed by atoms with Crippen LogP contribution in [0.1, 0.15) is 0 Å². The van der Waals surface area contributed by atoms with Gasteiger partial charge in [0.15, 0.2) is 0 Å². The molecule has 0 aliphatic rings. The van der Waals surface area contributed by atoms with Gasteiger partial charge in [0.25, 0.3) is 0 Å². The Morgan fingerprint density at radius 2 is 0.619 bits per heavy atom. The van der Waals surface area contributed by atoms with E-state index in [1.807, 2.05) is 46.9 Å². The lowest BCUT2D eigenvalue weighted by atomic mass is 10.0. The van der Waals surface area contributed by atoms with E-state index < -0.39 is 0 Å². The molecular weight excluding hydrogens is 559 g/mol. The van der Waals surface area contributed by atoms with Gasteiger partial charge in [0.2, 0.25) is 0 Å². The molecule has 0 saturated heterocycles. The maximum Gasteiger partial charge on any atom is 0.123 e. The van der Waals surface area contributed by atoms with Crippen LogP contribution in [0.3, 0.4) is 0 Å². The van der Waals surface area contributed by atoms with Crippen molar-refractivity contribution in [1.29, 1.82) is 0 Å². The fraction of sp³-hybridized carbons (Fsp3) is 0. The van der Waals surface area contributed by atoms with E-state index in [9.17, 15) is 8.78 Å². The molecule has 0 spiro atoms. The van der Waals surface area contributed by atoms with E-state index >= 15 is 0 Å². The summed E-state index contributed by atoms with van der Waals surface area (Å²) in [5, 5.41) is 5.07. The van der Waals surface area contributed by atoms with Gasteiger partial charge in [0.1, 0.15) is 11.6 Å². The lowest BCUT2D eigenvalue weighted by Crippen LogP contribution is -1.79. The van der Waals surface area contributed by atoms with Crippen molar-refractivity contribution < 1.29 is 8.78 Å². The maximum atomic E-state index is 13.3. The first-order chi connectivity index (χ1) is 20.6. The highest BCUT2D eigenvalue weighted by Crippen LogP contribution is 2.42. The van der Waals surface area contributed by atoms with Crippen molar-refractivity contribution in [3.05, 3.63) is 145 Å². The number of thiophene rings is 2. The smallest absolute Gasteiger partial charge is 0.123 e. The van der Waals surface area contributed by atoms with Gasteiger partial charge in [-0.25, -0.2) is 8.78 Å². The van der Waals surface area contributed by atoms with Gasteiger partial charge in [-0.05, 0) is 92.7 Å². The fourth-order valence-electron chi connectivity index (χ4n) is 5.67. The first kappa shape index (κ1) is 25.1. The number of hydrogen-bond donors (Lipinski definition) is 0. The molecule has 0 saturated carbocycles. The summed E-state index contributed by atoms with van der Waals surface area (Å²) in [4.78, 5) is 2.46. The van der Waals surface area contributed by atoms with Gasteiger partial charge in [-0.2, -0.15) is 0 Å². The Morgan fingerprint density at radius 3 is 0.976 bits per heavy atom. The van der Waals surface area contributed by atoms with Gasteiger partial charge >= 0.3 is 0 Å². The number of benzene rings is 6. The quantitative estimate of drug-likeness (QED) is 0.194. The minimum atomic E-state index is -0.221. The highest BCUT2D eigenvalue weighted by molar-refractivity contribution is 7.23. The molecule has 0 bridgehead atoms. The normalized spacial score (nSPS) is 11.6. The van der Waals surface area contributed by atoms with Crippen LogP contribution >= 0.6 is 22.7 Å². The standard InChI is InChI=1S/C38H22F2S2/c39-29-13-9-25(10-14-29)23-1-5-27(6-2-23)37-21-33-31-18-20-36-34(32(31)17-19-35(33)41-37)22-38(42-36)28-7-3-24(4-8-28)26-11-15-30(40)16-12-26/h1-22H. The van der Waals surface area contributed by atoms with Crippen LogP contribution in [0.2, 0.25) is 0 Å². The second kappa shape index (κ2) is 10.0. The number of hydrogen-bond acceptors (Lipinski definition) is 2. The zero-order valence-electron chi connectivity index (χ0n) is 22.3. The summed E-state index contributed by atoms with van der Waals surface area (Å²) in [5.74, 6) is -0.443. The van der Waals surface area contributed by atoms with Gasteiger partial charge < -0.3 is 0 Å². The first-order valence-corrected chi connectivity index (χ1v) is 15.3. The second-order valence-corrected chi connectivity index (χ2v) is 12.6. The Kier molecular flexibility index (Phi) is 5.99. The molecule has 42 heavy (non-hydrogen) atoms.